The van der Waals surface area contributed by atoms with Gasteiger partial charge >= 0.3 is 0 Å². The van der Waals surface area contributed by atoms with Gasteiger partial charge in [0.2, 0.25) is 0 Å². The summed E-state index contributed by atoms with van der Waals surface area (Å²) in [5, 5.41) is 12.5. The molecule has 0 unspecified atom stereocenters. The van der Waals surface area contributed by atoms with Gasteiger partial charge in [0.15, 0.2) is 0 Å². The fourth-order valence-corrected chi connectivity index (χ4v) is 3.00. The van der Waals surface area contributed by atoms with Crippen molar-refractivity contribution in [2.24, 2.45) is 0 Å². The number of anilines is 2. The summed E-state index contributed by atoms with van der Waals surface area (Å²) in [6.07, 6.45) is 1.55. The summed E-state index contributed by atoms with van der Waals surface area (Å²) >= 11 is 9.38. The minimum absolute atomic E-state index is 0.0134. The number of rotatable bonds is 4. The molecule has 0 radical (unpaired) electrons. The van der Waals surface area contributed by atoms with Crippen molar-refractivity contribution < 1.29 is 4.79 Å². The average molecular weight is 405 g/mol. The van der Waals surface area contributed by atoms with Gasteiger partial charge in [0.1, 0.15) is 11.6 Å². The largest absolute Gasteiger partial charge is 0.377 e. The van der Waals surface area contributed by atoms with Crippen molar-refractivity contribution in [1.29, 1.82) is 5.26 Å². The van der Waals surface area contributed by atoms with Crippen LogP contribution in [0.25, 0.3) is 6.08 Å². The predicted octanol–water partition coefficient (Wildman–Crippen LogP) is 4.71. The molecule has 0 aliphatic rings. The van der Waals surface area contributed by atoms with Crippen molar-refractivity contribution in [2.45, 2.75) is 0 Å². The number of amides is 1. The molecule has 0 heterocycles. The molecule has 1 amide bonds. The first-order valence-electron chi connectivity index (χ1n) is 7.06. The van der Waals surface area contributed by atoms with E-state index in [1.54, 1.807) is 30.3 Å². The van der Waals surface area contributed by atoms with E-state index in [1.165, 1.54) is 0 Å². The molecule has 0 aromatic heterocycles. The lowest BCUT2D eigenvalue weighted by Crippen LogP contribution is -2.13. The minimum Gasteiger partial charge on any atom is -0.377 e. The highest BCUT2D eigenvalue weighted by molar-refractivity contribution is 9.10. The average Bonchev–Trinajstić information content (AvgIpc) is 2.52. The molecule has 2 aromatic carbocycles. The van der Waals surface area contributed by atoms with Gasteiger partial charge in [-0.05, 0) is 57.9 Å². The van der Waals surface area contributed by atoms with Crippen LogP contribution in [0.1, 0.15) is 5.56 Å². The van der Waals surface area contributed by atoms with Crippen molar-refractivity contribution in [2.75, 3.05) is 24.3 Å². The molecule has 2 rings (SSSR count). The summed E-state index contributed by atoms with van der Waals surface area (Å²) in [4.78, 5) is 14.2. The van der Waals surface area contributed by atoms with E-state index < -0.39 is 5.91 Å². The molecule has 24 heavy (non-hydrogen) atoms. The first kappa shape index (κ1) is 18.1. The lowest BCUT2D eigenvalue weighted by atomic mass is 10.1. The summed E-state index contributed by atoms with van der Waals surface area (Å²) in [6.45, 7) is 0. The SMILES string of the molecule is CN(C)c1ccc(/C=C(/C#N)C(=O)Nc2cccc(Cl)c2)cc1Br. The fourth-order valence-electron chi connectivity index (χ4n) is 2.06. The molecular weight excluding hydrogens is 390 g/mol. The maximum absolute atomic E-state index is 12.3. The van der Waals surface area contributed by atoms with E-state index in [9.17, 15) is 10.1 Å². The molecule has 0 aliphatic heterocycles. The number of halogens is 2. The summed E-state index contributed by atoms with van der Waals surface area (Å²) in [6, 6.07) is 14.3. The van der Waals surface area contributed by atoms with E-state index in [-0.39, 0.29) is 5.57 Å². The Morgan fingerprint density at radius 1 is 1.29 bits per heavy atom. The molecule has 0 spiro atoms. The van der Waals surface area contributed by atoms with Gasteiger partial charge in [0, 0.05) is 29.3 Å². The standard InChI is InChI=1S/C18H15BrClN3O/c1-23(2)17-7-6-12(9-16(17)19)8-13(11-21)18(24)22-15-5-3-4-14(20)10-15/h3-10H,1-2H3,(H,22,24)/b13-8-. The van der Waals surface area contributed by atoms with Gasteiger partial charge in [0.05, 0.1) is 5.69 Å². The minimum atomic E-state index is -0.479. The number of carbonyl (C=O) groups excluding carboxylic acids is 1. The third-order valence-corrected chi connectivity index (χ3v) is 4.08. The third-order valence-electron chi connectivity index (χ3n) is 3.21. The number of hydrogen-bond donors (Lipinski definition) is 1. The van der Waals surface area contributed by atoms with E-state index in [0.29, 0.717) is 10.7 Å². The van der Waals surface area contributed by atoms with E-state index in [0.717, 1.165) is 15.7 Å². The third kappa shape index (κ3) is 4.60. The Kier molecular flexibility index (Phi) is 6.02. The van der Waals surface area contributed by atoms with Crippen LogP contribution in [0.3, 0.4) is 0 Å². The monoisotopic (exact) mass is 403 g/mol. The lowest BCUT2D eigenvalue weighted by molar-refractivity contribution is -0.112. The fraction of sp³-hybridized carbons (Fsp3) is 0.111. The molecule has 2 aromatic rings. The Morgan fingerprint density at radius 3 is 2.62 bits per heavy atom. The van der Waals surface area contributed by atoms with Crippen LogP contribution in [0, 0.1) is 11.3 Å². The predicted molar refractivity (Wildman–Crippen MR) is 102 cm³/mol. The first-order valence-corrected chi connectivity index (χ1v) is 8.23. The molecule has 0 atom stereocenters. The van der Waals surface area contributed by atoms with Gasteiger partial charge in [-0.1, -0.05) is 23.7 Å². The van der Waals surface area contributed by atoms with Crippen LogP contribution in [-0.2, 0) is 4.79 Å². The van der Waals surface area contributed by atoms with Crippen LogP contribution >= 0.6 is 27.5 Å². The van der Waals surface area contributed by atoms with E-state index in [2.05, 4.69) is 21.2 Å². The number of nitrogens with one attached hydrogen (secondary N) is 1. The maximum Gasteiger partial charge on any atom is 0.266 e. The van der Waals surface area contributed by atoms with Crippen LogP contribution in [0.5, 0.6) is 0 Å². The Hall–Kier alpha value is -2.29. The Morgan fingerprint density at radius 2 is 2.04 bits per heavy atom. The highest BCUT2D eigenvalue weighted by Gasteiger charge is 2.10. The van der Waals surface area contributed by atoms with E-state index in [1.807, 2.05) is 43.3 Å². The number of benzene rings is 2. The smallest absolute Gasteiger partial charge is 0.266 e. The van der Waals surface area contributed by atoms with Gasteiger partial charge in [-0.25, -0.2) is 0 Å². The number of nitrogens with zero attached hydrogens (tertiary/aromatic N) is 2. The number of nitriles is 1. The van der Waals surface area contributed by atoms with E-state index in [4.69, 9.17) is 11.6 Å². The zero-order valence-corrected chi connectivity index (χ0v) is 15.5. The number of hydrogen-bond acceptors (Lipinski definition) is 3. The molecule has 122 valence electrons. The highest BCUT2D eigenvalue weighted by Crippen LogP contribution is 2.26. The Bertz CT molecular complexity index is 840. The highest BCUT2D eigenvalue weighted by atomic mass is 79.9. The summed E-state index contributed by atoms with van der Waals surface area (Å²) in [7, 11) is 3.88. The van der Waals surface area contributed by atoms with Crippen molar-refractivity contribution in [3.63, 3.8) is 0 Å². The normalized spacial score (nSPS) is 10.9. The van der Waals surface area contributed by atoms with Gasteiger partial charge in [-0.15, -0.1) is 0 Å². The Balaban J connectivity index is 2.24. The van der Waals surface area contributed by atoms with E-state index >= 15 is 0 Å². The van der Waals surface area contributed by atoms with Crippen LogP contribution in [0.2, 0.25) is 5.02 Å². The van der Waals surface area contributed by atoms with Gasteiger partial charge in [-0.2, -0.15) is 5.26 Å². The topological polar surface area (TPSA) is 56.1 Å². The van der Waals surface area contributed by atoms with Crippen LogP contribution < -0.4 is 10.2 Å². The zero-order chi connectivity index (χ0) is 17.7. The summed E-state index contributed by atoms with van der Waals surface area (Å²) in [5.41, 5.74) is 2.32. The van der Waals surface area contributed by atoms with Crippen molar-refractivity contribution >= 4 is 50.9 Å². The zero-order valence-electron chi connectivity index (χ0n) is 13.2. The molecule has 0 fully saturated rings. The van der Waals surface area contributed by atoms with Crippen LogP contribution in [0.15, 0.2) is 52.5 Å². The molecular formula is C18H15BrClN3O. The van der Waals surface area contributed by atoms with Crippen molar-refractivity contribution in [3.8, 4) is 6.07 Å². The van der Waals surface area contributed by atoms with Crippen molar-refractivity contribution in [1.82, 2.24) is 0 Å². The molecule has 0 saturated carbocycles. The van der Waals surface area contributed by atoms with Gasteiger partial charge in [-0.3, -0.25) is 4.79 Å². The second kappa shape index (κ2) is 8.00. The molecule has 4 nitrogen and oxygen atoms in total. The summed E-state index contributed by atoms with van der Waals surface area (Å²) in [5.74, 6) is -0.479. The van der Waals surface area contributed by atoms with Crippen LogP contribution in [0.4, 0.5) is 11.4 Å². The second-order valence-electron chi connectivity index (χ2n) is 5.24. The Labute approximate surface area is 154 Å². The quantitative estimate of drug-likeness (QED) is 0.593. The van der Waals surface area contributed by atoms with Crippen molar-refractivity contribution in [3.05, 3.63) is 63.1 Å². The number of carbonyl (C=O) groups is 1. The molecule has 0 bridgehead atoms. The second-order valence-corrected chi connectivity index (χ2v) is 6.53. The molecule has 0 aliphatic carbocycles. The maximum atomic E-state index is 12.3. The lowest BCUT2D eigenvalue weighted by Gasteiger charge is -2.14. The summed E-state index contributed by atoms with van der Waals surface area (Å²) < 4.78 is 0.883. The van der Waals surface area contributed by atoms with Crippen LogP contribution in [-0.4, -0.2) is 20.0 Å². The molecule has 1 N–H and O–H groups in total. The van der Waals surface area contributed by atoms with Gasteiger partial charge < -0.3 is 10.2 Å². The molecule has 6 heteroatoms. The van der Waals surface area contributed by atoms with Gasteiger partial charge in [0.25, 0.3) is 5.91 Å². The first-order chi connectivity index (χ1) is 11.4. The molecule has 0 saturated heterocycles.